The van der Waals surface area contributed by atoms with Crippen LogP contribution in [0.4, 0.5) is 5.82 Å². The molecule has 1 aliphatic heterocycles. The second kappa shape index (κ2) is 4.01. The SMILES string of the molecule is Cc1cc(NC2CC(=O)N(C)C2=O)n2ncnc2n1. The Hall–Kier alpha value is -2.51. The summed E-state index contributed by atoms with van der Waals surface area (Å²) in [6.45, 7) is 1.83. The van der Waals surface area contributed by atoms with Crippen molar-refractivity contribution in [2.45, 2.75) is 19.4 Å². The molecule has 2 aromatic heterocycles. The second-order valence-corrected chi connectivity index (χ2v) is 4.45. The highest BCUT2D eigenvalue weighted by Crippen LogP contribution is 2.17. The Balaban J connectivity index is 1.96. The third-order valence-corrected chi connectivity index (χ3v) is 3.08. The monoisotopic (exact) mass is 260 g/mol. The maximum atomic E-state index is 11.9. The van der Waals surface area contributed by atoms with E-state index in [4.69, 9.17) is 0 Å². The average molecular weight is 260 g/mol. The van der Waals surface area contributed by atoms with Crippen LogP contribution in [-0.2, 0) is 9.59 Å². The van der Waals surface area contributed by atoms with Crippen molar-refractivity contribution in [2.24, 2.45) is 0 Å². The quantitative estimate of drug-likeness (QED) is 0.739. The fourth-order valence-electron chi connectivity index (χ4n) is 2.08. The number of likely N-dealkylation sites (N-methyl/N-ethyl adjacent to an activating group) is 1. The van der Waals surface area contributed by atoms with Gasteiger partial charge >= 0.3 is 0 Å². The molecular weight excluding hydrogens is 248 g/mol. The van der Waals surface area contributed by atoms with E-state index in [2.05, 4.69) is 20.4 Å². The number of nitrogens with one attached hydrogen (secondary N) is 1. The van der Waals surface area contributed by atoms with Crippen LogP contribution in [0.3, 0.4) is 0 Å². The van der Waals surface area contributed by atoms with Crippen LogP contribution in [0.25, 0.3) is 5.78 Å². The van der Waals surface area contributed by atoms with E-state index in [1.807, 2.05) is 6.92 Å². The molecule has 8 heteroatoms. The molecule has 0 saturated carbocycles. The van der Waals surface area contributed by atoms with Crippen LogP contribution >= 0.6 is 0 Å². The summed E-state index contributed by atoms with van der Waals surface area (Å²) < 4.78 is 1.50. The number of hydrogen-bond acceptors (Lipinski definition) is 6. The minimum Gasteiger partial charge on any atom is -0.358 e. The molecule has 0 bridgehead atoms. The van der Waals surface area contributed by atoms with Crippen molar-refractivity contribution in [1.82, 2.24) is 24.5 Å². The third kappa shape index (κ3) is 1.81. The lowest BCUT2D eigenvalue weighted by molar-refractivity contribution is -0.136. The molecule has 0 aromatic carbocycles. The summed E-state index contributed by atoms with van der Waals surface area (Å²) in [5, 5.41) is 7.07. The maximum Gasteiger partial charge on any atom is 0.254 e. The largest absolute Gasteiger partial charge is 0.358 e. The van der Waals surface area contributed by atoms with E-state index in [9.17, 15) is 9.59 Å². The van der Waals surface area contributed by atoms with E-state index in [1.165, 1.54) is 17.9 Å². The van der Waals surface area contributed by atoms with E-state index < -0.39 is 6.04 Å². The number of fused-ring (bicyclic) bond motifs is 1. The van der Waals surface area contributed by atoms with Crippen LogP contribution in [0.2, 0.25) is 0 Å². The van der Waals surface area contributed by atoms with Gasteiger partial charge in [0.25, 0.3) is 11.7 Å². The molecule has 3 heterocycles. The van der Waals surface area contributed by atoms with E-state index in [0.717, 1.165) is 10.6 Å². The van der Waals surface area contributed by atoms with E-state index in [1.54, 1.807) is 6.07 Å². The highest BCUT2D eigenvalue weighted by atomic mass is 16.2. The summed E-state index contributed by atoms with van der Waals surface area (Å²) in [6.07, 6.45) is 1.54. The summed E-state index contributed by atoms with van der Waals surface area (Å²) >= 11 is 0. The van der Waals surface area contributed by atoms with Gasteiger partial charge in [0, 0.05) is 18.8 Å². The lowest BCUT2D eigenvalue weighted by Gasteiger charge is -2.13. The van der Waals surface area contributed by atoms with Crippen LogP contribution in [-0.4, -0.2) is 49.4 Å². The van der Waals surface area contributed by atoms with Crippen molar-refractivity contribution in [3.63, 3.8) is 0 Å². The van der Waals surface area contributed by atoms with Gasteiger partial charge in [0.05, 0.1) is 6.42 Å². The molecule has 3 rings (SSSR count). The first-order valence-corrected chi connectivity index (χ1v) is 5.80. The Morgan fingerprint density at radius 3 is 2.89 bits per heavy atom. The van der Waals surface area contributed by atoms with Gasteiger partial charge in [0.15, 0.2) is 0 Å². The van der Waals surface area contributed by atoms with Gasteiger partial charge in [0.1, 0.15) is 18.2 Å². The van der Waals surface area contributed by atoms with Crippen molar-refractivity contribution in [1.29, 1.82) is 0 Å². The van der Waals surface area contributed by atoms with Crippen LogP contribution in [0.1, 0.15) is 12.1 Å². The molecule has 0 aliphatic carbocycles. The predicted octanol–water partition coefficient (Wildman–Crippen LogP) is -0.398. The Kier molecular flexibility index (Phi) is 2.44. The molecule has 98 valence electrons. The lowest BCUT2D eigenvalue weighted by Crippen LogP contribution is -2.32. The summed E-state index contributed by atoms with van der Waals surface area (Å²) in [5.74, 6) is 0.616. The fraction of sp³-hybridized carbons (Fsp3) is 0.364. The Bertz CT molecular complexity index is 679. The number of likely N-dealkylation sites (tertiary alicyclic amines) is 1. The Labute approximate surface area is 108 Å². The van der Waals surface area contributed by atoms with Gasteiger partial charge in [-0.3, -0.25) is 14.5 Å². The molecule has 1 unspecified atom stereocenters. The third-order valence-electron chi connectivity index (χ3n) is 3.08. The topological polar surface area (TPSA) is 92.5 Å². The van der Waals surface area contributed by atoms with E-state index in [-0.39, 0.29) is 18.2 Å². The first-order valence-electron chi connectivity index (χ1n) is 5.80. The number of aryl methyl sites for hydroxylation is 1. The molecule has 1 atom stereocenters. The number of anilines is 1. The van der Waals surface area contributed by atoms with Crippen molar-refractivity contribution in [3.05, 3.63) is 18.1 Å². The van der Waals surface area contributed by atoms with Gasteiger partial charge in [-0.15, -0.1) is 0 Å². The average Bonchev–Trinajstić information content (AvgIpc) is 2.91. The molecule has 2 aromatic rings. The Morgan fingerprint density at radius 1 is 1.42 bits per heavy atom. The number of rotatable bonds is 2. The molecule has 1 aliphatic rings. The number of amides is 2. The number of aromatic nitrogens is 4. The smallest absolute Gasteiger partial charge is 0.254 e. The van der Waals surface area contributed by atoms with Gasteiger partial charge in [-0.25, -0.2) is 4.98 Å². The van der Waals surface area contributed by atoms with Crippen molar-refractivity contribution < 1.29 is 9.59 Å². The number of carbonyl (C=O) groups is 2. The molecule has 2 amide bonds. The minimum absolute atomic E-state index is 0.146. The number of imide groups is 1. The molecule has 8 nitrogen and oxygen atoms in total. The number of hydrogen-bond donors (Lipinski definition) is 1. The van der Waals surface area contributed by atoms with Crippen molar-refractivity contribution in [2.75, 3.05) is 12.4 Å². The van der Waals surface area contributed by atoms with E-state index >= 15 is 0 Å². The molecule has 19 heavy (non-hydrogen) atoms. The molecule has 0 spiro atoms. The molecule has 1 N–H and O–H groups in total. The lowest BCUT2D eigenvalue weighted by atomic mass is 10.2. The first-order chi connectivity index (χ1) is 9.06. The molecule has 0 radical (unpaired) electrons. The van der Waals surface area contributed by atoms with Crippen molar-refractivity contribution in [3.8, 4) is 0 Å². The van der Waals surface area contributed by atoms with Gasteiger partial charge in [-0.2, -0.15) is 14.6 Å². The minimum atomic E-state index is -0.563. The number of nitrogens with zero attached hydrogens (tertiary/aromatic N) is 5. The zero-order chi connectivity index (χ0) is 13.6. The highest BCUT2D eigenvalue weighted by molar-refractivity contribution is 6.06. The zero-order valence-electron chi connectivity index (χ0n) is 10.5. The molecule has 1 saturated heterocycles. The van der Waals surface area contributed by atoms with Crippen LogP contribution in [0.15, 0.2) is 12.4 Å². The zero-order valence-corrected chi connectivity index (χ0v) is 10.5. The predicted molar refractivity (Wildman–Crippen MR) is 65.3 cm³/mol. The van der Waals surface area contributed by atoms with Gasteiger partial charge in [-0.05, 0) is 6.92 Å². The van der Waals surface area contributed by atoms with Crippen LogP contribution in [0.5, 0.6) is 0 Å². The summed E-state index contributed by atoms with van der Waals surface area (Å²) in [6, 6.07) is 1.20. The first kappa shape index (κ1) is 11.6. The van der Waals surface area contributed by atoms with Gasteiger partial charge in [-0.1, -0.05) is 0 Å². The van der Waals surface area contributed by atoms with Gasteiger partial charge < -0.3 is 5.32 Å². The highest BCUT2D eigenvalue weighted by Gasteiger charge is 2.36. The summed E-state index contributed by atoms with van der Waals surface area (Å²) in [7, 11) is 1.48. The van der Waals surface area contributed by atoms with Crippen molar-refractivity contribution >= 4 is 23.4 Å². The van der Waals surface area contributed by atoms with Crippen LogP contribution < -0.4 is 5.32 Å². The number of carbonyl (C=O) groups excluding carboxylic acids is 2. The van der Waals surface area contributed by atoms with Gasteiger partial charge in [0.2, 0.25) is 5.91 Å². The summed E-state index contributed by atoms with van der Waals surface area (Å²) in [4.78, 5) is 32.7. The summed E-state index contributed by atoms with van der Waals surface area (Å²) in [5.41, 5.74) is 0.758. The molecule has 1 fully saturated rings. The second-order valence-electron chi connectivity index (χ2n) is 4.45. The molecular formula is C11H12N6O2. The fourth-order valence-corrected chi connectivity index (χ4v) is 2.08. The maximum absolute atomic E-state index is 11.9. The standard InChI is InChI=1S/C11H12N6O2/c1-6-3-8(17-11(14-6)12-5-13-17)15-7-4-9(18)16(2)10(7)19/h3,5,7,15H,4H2,1-2H3. The normalized spacial score (nSPS) is 19.5. The Morgan fingerprint density at radius 2 is 2.21 bits per heavy atom. The van der Waals surface area contributed by atoms with E-state index in [0.29, 0.717) is 11.6 Å². The van der Waals surface area contributed by atoms with Crippen LogP contribution in [0, 0.1) is 6.92 Å².